The third-order valence-electron chi connectivity index (χ3n) is 6.33. The van der Waals surface area contributed by atoms with Crippen LogP contribution in [0.3, 0.4) is 0 Å². The van der Waals surface area contributed by atoms with Crippen LogP contribution in [0, 0.1) is 5.92 Å². The maximum absolute atomic E-state index is 6.57. The first-order chi connectivity index (χ1) is 13.9. The summed E-state index contributed by atoms with van der Waals surface area (Å²) in [5, 5.41) is 0. The van der Waals surface area contributed by atoms with Crippen LogP contribution in [0.2, 0.25) is 0 Å². The minimum absolute atomic E-state index is 0.203. The van der Waals surface area contributed by atoms with Crippen LogP contribution in [0.25, 0.3) is 0 Å². The second-order valence-corrected chi connectivity index (χ2v) is 9.77. The standard InChI is InChI=1S/C25H41NO3/c1-6-7-8-9-13-20-21(22-14-11-16-28-22)17-23(29-25(2,3)4)24(20)26-15-10-12-19(26)18-27-5/h11,14,16-17,19-21,24H,6-10,12-13,15,18H2,1-5H3/t19-,20+,21-,24-/m0/s1. The van der Waals surface area contributed by atoms with Gasteiger partial charge < -0.3 is 13.9 Å². The fourth-order valence-electron chi connectivity index (χ4n) is 5.18. The molecule has 1 saturated heterocycles. The minimum Gasteiger partial charge on any atom is -0.491 e. The van der Waals surface area contributed by atoms with Crippen molar-refractivity contribution >= 4 is 0 Å². The molecule has 1 fully saturated rings. The Morgan fingerprint density at radius 3 is 2.69 bits per heavy atom. The smallest absolute Gasteiger partial charge is 0.111 e. The molecule has 4 nitrogen and oxygen atoms in total. The SMILES string of the molecule is CCCCCC[C@@H]1[C@@H](c2ccco2)C=C(OC(C)(C)C)[C@H]1N1CCC[C@H]1COC. The molecule has 0 bridgehead atoms. The molecule has 0 aromatic carbocycles. The third-order valence-corrected chi connectivity index (χ3v) is 6.33. The van der Waals surface area contributed by atoms with Gasteiger partial charge in [-0.25, -0.2) is 0 Å². The van der Waals surface area contributed by atoms with Crippen molar-refractivity contribution in [3.05, 3.63) is 36.0 Å². The molecular formula is C25H41NO3. The van der Waals surface area contributed by atoms with E-state index in [2.05, 4.69) is 44.7 Å². The summed E-state index contributed by atoms with van der Waals surface area (Å²) in [4.78, 5) is 2.68. The van der Waals surface area contributed by atoms with Crippen LogP contribution in [0.5, 0.6) is 0 Å². The molecule has 29 heavy (non-hydrogen) atoms. The summed E-state index contributed by atoms with van der Waals surface area (Å²) in [5.41, 5.74) is -0.203. The fourth-order valence-corrected chi connectivity index (χ4v) is 5.18. The largest absolute Gasteiger partial charge is 0.491 e. The Balaban J connectivity index is 1.89. The number of hydrogen-bond donors (Lipinski definition) is 0. The Morgan fingerprint density at radius 1 is 1.21 bits per heavy atom. The molecule has 1 aromatic heterocycles. The Labute approximate surface area is 177 Å². The molecule has 164 valence electrons. The Kier molecular flexibility index (Phi) is 7.86. The van der Waals surface area contributed by atoms with Crippen LogP contribution in [-0.4, -0.2) is 42.8 Å². The lowest BCUT2D eigenvalue weighted by Crippen LogP contribution is -2.46. The maximum atomic E-state index is 6.57. The summed E-state index contributed by atoms with van der Waals surface area (Å²) in [5.74, 6) is 3.00. The highest BCUT2D eigenvalue weighted by molar-refractivity contribution is 5.28. The number of methoxy groups -OCH3 is 1. The van der Waals surface area contributed by atoms with Crippen molar-refractivity contribution in [2.24, 2.45) is 5.92 Å². The molecule has 1 aliphatic carbocycles. The molecule has 2 heterocycles. The zero-order valence-corrected chi connectivity index (χ0v) is 19.2. The number of hydrogen-bond acceptors (Lipinski definition) is 4. The summed E-state index contributed by atoms with van der Waals surface area (Å²) >= 11 is 0. The lowest BCUT2D eigenvalue weighted by molar-refractivity contribution is 0.00161. The van der Waals surface area contributed by atoms with Crippen LogP contribution in [0.4, 0.5) is 0 Å². The van der Waals surface area contributed by atoms with Gasteiger partial charge >= 0.3 is 0 Å². The van der Waals surface area contributed by atoms with Gasteiger partial charge in [0.2, 0.25) is 0 Å². The van der Waals surface area contributed by atoms with Crippen molar-refractivity contribution < 1.29 is 13.9 Å². The molecule has 1 aromatic rings. The quantitative estimate of drug-likeness (QED) is 0.439. The van der Waals surface area contributed by atoms with Crippen molar-refractivity contribution in [1.29, 1.82) is 0 Å². The number of ether oxygens (including phenoxy) is 2. The van der Waals surface area contributed by atoms with Crippen molar-refractivity contribution in [2.75, 3.05) is 20.3 Å². The Hall–Kier alpha value is -1.26. The van der Waals surface area contributed by atoms with E-state index in [1.54, 1.807) is 6.26 Å². The normalized spacial score (nSPS) is 28.1. The average Bonchev–Trinajstić information content (AvgIpc) is 3.38. The van der Waals surface area contributed by atoms with Gasteiger partial charge in [-0.15, -0.1) is 0 Å². The van der Waals surface area contributed by atoms with E-state index >= 15 is 0 Å². The highest BCUT2D eigenvalue weighted by atomic mass is 16.5. The second kappa shape index (κ2) is 10.2. The summed E-state index contributed by atoms with van der Waals surface area (Å²) in [6.45, 7) is 10.7. The van der Waals surface area contributed by atoms with Crippen molar-refractivity contribution in [2.45, 2.75) is 96.2 Å². The molecule has 0 amide bonds. The summed E-state index contributed by atoms with van der Waals surface area (Å²) in [6, 6.07) is 4.94. The van der Waals surface area contributed by atoms with Crippen LogP contribution in [-0.2, 0) is 9.47 Å². The van der Waals surface area contributed by atoms with Gasteiger partial charge in [0.15, 0.2) is 0 Å². The third kappa shape index (κ3) is 5.67. The highest BCUT2D eigenvalue weighted by Gasteiger charge is 2.46. The van der Waals surface area contributed by atoms with Gasteiger partial charge in [-0.3, -0.25) is 4.90 Å². The Morgan fingerprint density at radius 2 is 2.03 bits per heavy atom. The van der Waals surface area contributed by atoms with Crippen molar-refractivity contribution in [3.8, 4) is 0 Å². The van der Waals surface area contributed by atoms with E-state index in [0.29, 0.717) is 18.0 Å². The molecular weight excluding hydrogens is 362 g/mol. The molecule has 4 atom stereocenters. The number of allylic oxidation sites excluding steroid dienone is 1. The van der Waals surface area contributed by atoms with E-state index in [-0.39, 0.29) is 11.5 Å². The predicted molar refractivity (Wildman–Crippen MR) is 118 cm³/mol. The molecule has 3 rings (SSSR count). The highest BCUT2D eigenvalue weighted by Crippen LogP contribution is 2.46. The summed E-state index contributed by atoms with van der Waals surface area (Å²) < 4.78 is 18.0. The van der Waals surface area contributed by atoms with Crippen LogP contribution >= 0.6 is 0 Å². The molecule has 0 saturated carbocycles. The van der Waals surface area contributed by atoms with E-state index < -0.39 is 0 Å². The topological polar surface area (TPSA) is 34.8 Å². The zero-order chi connectivity index (χ0) is 20.9. The molecule has 0 radical (unpaired) electrons. The van der Waals surface area contributed by atoms with Gasteiger partial charge in [0.1, 0.15) is 17.1 Å². The van der Waals surface area contributed by atoms with Crippen molar-refractivity contribution in [3.63, 3.8) is 0 Å². The number of furan rings is 1. The van der Waals surface area contributed by atoms with Crippen molar-refractivity contribution in [1.82, 2.24) is 4.90 Å². The lowest BCUT2D eigenvalue weighted by Gasteiger charge is -2.38. The molecule has 0 unspecified atom stereocenters. The van der Waals surface area contributed by atoms with Gasteiger partial charge in [0.25, 0.3) is 0 Å². The number of unbranched alkanes of at least 4 members (excludes halogenated alkanes) is 3. The maximum Gasteiger partial charge on any atom is 0.111 e. The first-order valence-electron chi connectivity index (χ1n) is 11.6. The average molecular weight is 404 g/mol. The monoisotopic (exact) mass is 403 g/mol. The fraction of sp³-hybridized carbons (Fsp3) is 0.760. The van der Waals surface area contributed by atoms with Gasteiger partial charge in [-0.1, -0.05) is 32.6 Å². The van der Waals surface area contributed by atoms with Gasteiger partial charge in [0.05, 0.1) is 18.9 Å². The van der Waals surface area contributed by atoms with E-state index in [1.165, 1.54) is 44.9 Å². The molecule has 0 spiro atoms. The molecule has 4 heteroatoms. The molecule has 0 N–H and O–H groups in total. The van der Waals surface area contributed by atoms with E-state index in [1.807, 2.05) is 13.2 Å². The minimum atomic E-state index is -0.203. The number of rotatable bonds is 10. The summed E-state index contributed by atoms with van der Waals surface area (Å²) in [7, 11) is 1.82. The predicted octanol–water partition coefficient (Wildman–Crippen LogP) is 6.14. The van der Waals surface area contributed by atoms with E-state index in [9.17, 15) is 0 Å². The van der Waals surface area contributed by atoms with Gasteiger partial charge in [-0.2, -0.15) is 0 Å². The number of nitrogens with zero attached hydrogens (tertiary/aromatic N) is 1. The van der Waals surface area contributed by atoms with E-state index in [0.717, 1.165) is 24.7 Å². The van der Waals surface area contributed by atoms with Crippen LogP contribution < -0.4 is 0 Å². The second-order valence-electron chi connectivity index (χ2n) is 9.77. The van der Waals surface area contributed by atoms with Crippen LogP contribution in [0.1, 0.15) is 84.3 Å². The van der Waals surface area contributed by atoms with E-state index in [4.69, 9.17) is 13.9 Å². The zero-order valence-electron chi connectivity index (χ0n) is 19.2. The van der Waals surface area contributed by atoms with Crippen LogP contribution in [0.15, 0.2) is 34.6 Å². The molecule has 1 aliphatic heterocycles. The van der Waals surface area contributed by atoms with Gasteiger partial charge in [-0.05, 0) is 70.7 Å². The number of likely N-dealkylation sites (tertiary alicyclic amines) is 1. The first-order valence-corrected chi connectivity index (χ1v) is 11.6. The molecule has 2 aliphatic rings. The summed E-state index contributed by atoms with van der Waals surface area (Å²) in [6.07, 6.45) is 13.0. The van der Waals surface area contributed by atoms with Gasteiger partial charge in [0, 0.05) is 19.1 Å². The first kappa shape index (κ1) is 22.4. The Bertz CT molecular complexity index is 631. The lowest BCUT2D eigenvalue weighted by atomic mass is 9.84.